The van der Waals surface area contributed by atoms with Crippen LogP contribution in [0.25, 0.3) is 34.0 Å². The zero-order valence-corrected chi connectivity index (χ0v) is 16.9. The lowest BCUT2D eigenvalue weighted by Gasteiger charge is -2.02. The average molecular weight is 410 g/mol. The van der Waals surface area contributed by atoms with Crippen LogP contribution < -0.4 is 16.4 Å². The van der Waals surface area contributed by atoms with E-state index in [9.17, 15) is 0 Å². The molecule has 0 unspecified atom stereocenters. The van der Waals surface area contributed by atoms with Crippen LogP contribution in [0.4, 0.5) is 5.69 Å². The van der Waals surface area contributed by atoms with Crippen LogP contribution >= 0.6 is 0 Å². The van der Waals surface area contributed by atoms with Crippen molar-refractivity contribution in [2.45, 2.75) is 0 Å². The number of aromatic nitrogens is 1. The molecule has 0 spiro atoms. The number of nitrogens with zero attached hydrogens (tertiary/aromatic N) is 2. The summed E-state index contributed by atoms with van der Waals surface area (Å²) in [6.45, 7) is 3.42. The summed E-state index contributed by atoms with van der Waals surface area (Å²) in [6, 6.07) is 14.3. The second kappa shape index (κ2) is 7.05. The van der Waals surface area contributed by atoms with Gasteiger partial charge in [0.05, 0.1) is 24.5 Å². The van der Waals surface area contributed by atoms with Crippen molar-refractivity contribution in [3.63, 3.8) is 0 Å². The number of anilines is 1. The van der Waals surface area contributed by atoms with E-state index < -0.39 is 0 Å². The van der Waals surface area contributed by atoms with Crippen LogP contribution in [-0.2, 0) is 0 Å². The van der Waals surface area contributed by atoms with Gasteiger partial charge in [0.25, 0.3) is 0 Å². The molecule has 0 atom stereocenters. The van der Waals surface area contributed by atoms with E-state index in [0.717, 1.165) is 88.0 Å². The lowest BCUT2D eigenvalue weighted by Crippen LogP contribution is -2.19. The molecule has 0 fully saturated rings. The minimum atomic E-state index is 0.725. The van der Waals surface area contributed by atoms with E-state index in [0.29, 0.717) is 0 Å². The van der Waals surface area contributed by atoms with Crippen molar-refractivity contribution in [2.75, 3.05) is 31.9 Å². The Bertz CT molecular complexity index is 1400. The summed E-state index contributed by atoms with van der Waals surface area (Å²) in [4.78, 5) is 12.4. The van der Waals surface area contributed by atoms with Crippen LogP contribution in [0.15, 0.2) is 56.9 Å². The lowest BCUT2D eigenvalue weighted by atomic mass is 10.1. The van der Waals surface area contributed by atoms with Crippen LogP contribution in [0.1, 0.15) is 22.6 Å². The number of rotatable bonds is 4. The van der Waals surface area contributed by atoms with E-state index in [1.165, 1.54) is 0 Å². The van der Waals surface area contributed by atoms with Gasteiger partial charge in [0.1, 0.15) is 23.0 Å². The Kier molecular flexibility index (Phi) is 4.06. The van der Waals surface area contributed by atoms with Crippen LogP contribution in [0.3, 0.4) is 0 Å². The predicted octanol–water partition coefficient (Wildman–Crippen LogP) is 3.37. The van der Waals surface area contributed by atoms with Crippen molar-refractivity contribution >= 4 is 51.4 Å². The number of amidine groups is 2. The molecule has 0 saturated heterocycles. The van der Waals surface area contributed by atoms with Gasteiger partial charge in [0.2, 0.25) is 0 Å². The fourth-order valence-corrected chi connectivity index (χ4v) is 4.16. The molecule has 4 aromatic rings. The quantitative estimate of drug-likeness (QED) is 0.414. The van der Waals surface area contributed by atoms with Crippen molar-refractivity contribution in [3.8, 4) is 0 Å². The molecular weight excluding hydrogens is 388 g/mol. The first-order chi connectivity index (χ1) is 15.2. The van der Waals surface area contributed by atoms with E-state index >= 15 is 0 Å². The molecule has 31 heavy (non-hydrogen) atoms. The summed E-state index contributed by atoms with van der Waals surface area (Å²) < 4.78 is 5.98. The molecule has 7 heteroatoms. The van der Waals surface area contributed by atoms with Gasteiger partial charge in [0.15, 0.2) is 0 Å². The van der Waals surface area contributed by atoms with Gasteiger partial charge in [0, 0.05) is 40.5 Å². The number of hydrogen-bond acceptors (Lipinski definition) is 6. The number of aliphatic imine (C=N–C) groups is 2. The predicted molar refractivity (Wildman–Crippen MR) is 127 cm³/mol. The number of nitrogens with two attached hydrogens (primary N) is 1. The highest BCUT2D eigenvalue weighted by Gasteiger charge is 2.13. The zero-order valence-electron chi connectivity index (χ0n) is 16.9. The van der Waals surface area contributed by atoms with Crippen molar-refractivity contribution in [2.24, 2.45) is 9.98 Å². The molecule has 154 valence electrons. The number of H-pyrrole nitrogens is 1. The molecule has 4 heterocycles. The summed E-state index contributed by atoms with van der Waals surface area (Å²) in [5.41, 5.74) is 12.0. The number of benzene rings is 2. The number of aromatic amines is 1. The standard InChI is InChI=1S/C24H22N6O/c25-22-18-4-1-15(24-28-9-10-29-24)13-20(18)30-19(22)5-3-17-12-16-11-14(2-6-21(16)31-17)23-26-7-8-27-23/h1-6,11-13,30H,7-10,25H2,(H,26,27)(H,28,29)/b5-3-. The SMILES string of the molecule is Nc1c(/C=C\c2cc3cc(C4=NCCN4)ccc3o2)[nH]c2cc(C3=NCCN3)ccc12. The summed E-state index contributed by atoms with van der Waals surface area (Å²) in [6.07, 6.45) is 3.90. The Hall–Kier alpha value is -4.00. The van der Waals surface area contributed by atoms with Gasteiger partial charge in [-0.05, 0) is 42.5 Å². The molecule has 0 amide bonds. The number of furan rings is 1. The maximum Gasteiger partial charge on any atom is 0.134 e. The highest BCUT2D eigenvalue weighted by Crippen LogP contribution is 2.28. The first-order valence-electron chi connectivity index (χ1n) is 10.4. The molecule has 7 nitrogen and oxygen atoms in total. The van der Waals surface area contributed by atoms with Gasteiger partial charge in [-0.25, -0.2) is 0 Å². The molecule has 2 aromatic carbocycles. The molecule has 0 radical (unpaired) electrons. The largest absolute Gasteiger partial charge is 0.457 e. The normalized spacial score (nSPS) is 16.1. The zero-order chi connectivity index (χ0) is 20.8. The van der Waals surface area contributed by atoms with E-state index in [2.05, 4.69) is 43.8 Å². The Morgan fingerprint density at radius 3 is 2.35 bits per heavy atom. The van der Waals surface area contributed by atoms with Crippen LogP contribution in [0.5, 0.6) is 0 Å². The lowest BCUT2D eigenvalue weighted by molar-refractivity contribution is 0.604. The summed E-state index contributed by atoms with van der Waals surface area (Å²) in [5.74, 6) is 2.66. The molecule has 0 aliphatic carbocycles. The van der Waals surface area contributed by atoms with Gasteiger partial charge in [-0.1, -0.05) is 12.1 Å². The van der Waals surface area contributed by atoms with Gasteiger partial charge in [-0.3, -0.25) is 9.98 Å². The van der Waals surface area contributed by atoms with E-state index in [1.807, 2.05) is 36.4 Å². The smallest absolute Gasteiger partial charge is 0.134 e. The van der Waals surface area contributed by atoms with Crippen molar-refractivity contribution in [1.82, 2.24) is 15.6 Å². The second-order valence-corrected chi connectivity index (χ2v) is 7.76. The van der Waals surface area contributed by atoms with E-state index in [1.54, 1.807) is 0 Å². The van der Waals surface area contributed by atoms with Gasteiger partial charge in [-0.15, -0.1) is 0 Å². The first-order valence-corrected chi connectivity index (χ1v) is 10.4. The van der Waals surface area contributed by atoms with Gasteiger partial charge in [-0.2, -0.15) is 0 Å². The Labute approximate surface area is 178 Å². The minimum absolute atomic E-state index is 0.725. The van der Waals surface area contributed by atoms with Gasteiger partial charge < -0.3 is 25.8 Å². The third-order valence-corrected chi connectivity index (χ3v) is 5.71. The Balaban J connectivity index is 1.30. The van der Waals surface area contributed by atoms with Crippen LogP contribution in [0, 0.1) is 0 Å². The number of fused-ring (bicyclic) bond motifs is 2. The van der Waals surface area contributed by atoms with Crippen LogP contribution in [-0.4, -0.2) is 42.8 Å². The summed E-state index contributed by atoms with van der Waals surface area (Å²) >= 11 is 0. The molecule has 5 N–H and O–H groups in total. The first kappa shape index (κ1) is 17.8. The highest BCUT2D eigenvalue weighted by molar-refractivity contribution is 6.05. The van der Waals surface area contributed by atoms with E-state index in [4.69, 9.17) is 10.2 Å². The monoisotopic (exact) mass is 410 g/mol. The molecular formula is C24H22N6O. The number of nitrogen functional groups attached to an aromatic ring is 1. The second-order valence-electron chi connectivity index (χ2n) is 7.76. The minimum Gasteiger partial charge on any atom is -0.457 e. The average Bonchev–Trinajstić information content (AvgIpc) is 3.59. The number of nitrogens with one attached hydrogen (secondary N) is 3. The third-order valence-electron chi connectivity index (χ3n) is 5.71. The highest BCUT2D eigenvalue weighted by atomic mass is 16.3. The summed E-state index contributed by atoms with van der Waals surface area (Å²) in [7, 11) is 0. The van der Waals surface area contributed by atoms with E-state index in [-0.39, 0.29) is 0 Å². The Morgan fingerprint density at radius 2 is 1.61 bits per heavy atom. The van der Waals surface area contributed by atoms with Crippen molar-refractivity contribution in [3.05, 3.63) is 65.0 Å². The number of hydrogen-bond donors (Lipinski definition) is 4. The molecule has 6 rings (SSSR count). The third kappa shape index (κ3) is 3.15. The molecule has 0 saturated carbocycles. The molecule has 0 bridgehead atoms. The molecule has 2 aliphatic rings. The fourth-order valence-electron chi connectivity index (χ4n) is 4.16. The summed E-state index contributed by atoms with van der Waals surface area (Å²) in [5, 5.41) is 8.66. The van der Waals surface area contributed by atoms with Crippen molar-refractivity contribution < 1.29 is 4.42 Å². The fraction of sp³-hybridized carbons (Fsp3) is 0.167. The van der Waals surface area contributed by atoms with Gasteiger partial charge >= 0.3 is 0 Å². The Morgan fingerprint density at radius 1 is 0.871 bits per heavy atom. The topological polar surface area (TPSA) is 104 Å². The maximum atomic E-state index is 6.39. The van der Waals surface area contributed by atoms with Crippen molar-refractivity contribution in [1.29, 1.82) is 0 Å². The maximum absolute atomic E-state index is 6.39. The molecule has 2 aromatic heterocycles. The molecule has 2 aliphatic heterocycles. The van der Waals surface area contributed by atoms with Crippen LogP contribution in [0.2, 0.25) is 0 Å².